The highest BCUT2D eigenvalue weighted by Crippen LogP contribution is 2.29. The van der Waals surface area contributed by atoms with Gasteiger partial charge in [0, 0.05) is 58.4 Å². The number of carbonyl (C=O) groups excluding carboxylic acids is 2. The van der Waals surface area contributed by atoms with Gasteiger partial charge in [-0.15, -0.1) is 0 Å². The molecule has 0 unspecified atom stereocenters. The van der Waals surface area contributed by atoms with Crippen LogP contribution in [-0.4, -0.2) is 78.2 Å². The molecule has 1 aromatic rings. The molecule has 0 spiro atoms. The Balaban J connectivity index is 1.42. The largest absolute Gasteiger partial charge is 0.345 e. The topological polar surface area (TPSA) is 82.9 Å². The van der Waals surface area contributed by atoms with Crippen molar-refractivity contribution >= 4 is 21.8 Å². The first-order valence-corrected chi connectivity index (χ1v) is 12.1. The lowest BCUT2D eigenvalue weighted by atomic mass is 9.84. The first-order valence-electron chi connectivity index (χ1n) is 10.6. The number of rotatable bonds is 4. The number of amides is 2. The summed E-state index contributed by atoms with van der Waals surface area (Å²) in [6, 6.07) is 1.50. The van der Waals surface area contributed by atoms with Crippen LogP contribution in [0.4, 0.5) is 0 Å². The summed E-state index contributed by atoms with van der Waals surface area (Å²) in [6.07, 6.45) is 7.44. The van der Waals surface area contributed by atoms with Crippen molar-refractivity contribution in [1.82, 2.24) is 18.7 Å². The zero-order valence-electron chi connectivity index (χ0n) is 17.0. The molecule has 4 rings (SSSR count). The van der Waals surface area contributed by atoms with Crippen molar-refractivity contribution in [1.29, 1.82) is 0 Å². The number of carbonyl (C=O) groups is 2. The molecule has 3 heterocycles. The molecule has 0 radical (unpaired) electrons. The molecule has 0 bridgehead atoms. The van der Waals surface area contributed by atoms with Crippen LogP contribution in [-0.2, 0) is 21.9 Å². The third kappa shape index (κ3) is 3.94. The molecule has 1 saturated carbocycles. The van der Waals surface area contributed by atoms with Gasteiger partial charge in [-0.2, -0.15) is 4.31 Å². The summed E-state index contributed by atoms with van der Waals surface area (Å²) in [6.45, 7) is 3.14. The fourth-order valence-electron chi connectivity index (χ4n) is 4.35. The molecule has 3 fully saturated rings. The lowest BCUT2D eigenvalue weighted by molar-refractivity contribution is -0.139. The molecule has 8 nitrogen and oxygen atoms in total. The van der Waals surface area contributed by atoms with Crippen molar-refractivity contribution in [2.24, 2.45) is 13.0 Å². The maximum absolute atomic E-state index is 13.0. The van der Waals surface area contributed by atoms with E-state index in [0.717, 1.165) is 38.5 Å². The number of nitrogens with zero attached hydrogens (tertiary/aromatic N) is 4. The van der Waals surface area contributed by atoms with E-state index in [1.807, 2.05) is 4.90 Å². The molecular formula is C20H30N4O4S. The molecular weight excluding hydrogens is 392 g/mol. The van der Waals surface area contributed by atoms with Gasteiger partial charge in [0.25, 0.3) is 5.91 Å². The third-order valence-electron chi connectivity index (χ3n) is 6.48. The van der Waals surface area contributed by atoms with E-state index in [1.54, 1.807) is 16.5 Å². The van der Waals surface area contributed by atoms with Gasteiger partial charge in [0.05, 0.1) is 0 Å². The SMILES string of the molecule is Cn1cc(S(=O)(=O)N2CCCCC2)cc1C(=O)N1CCN(C(=O)C2CCC2)CC1. The first-order chi connectivity index (χ1) is 13.9. The molecule has 160 valence electrons. The van der Waals surface area contributed by atoms with Crippen LogP contribution in [0, 0.1) is 5.92 Å². The summed E-state index contributed by atoms with van der Waals surface area (Å²) in [5, 5.41) is 0. The normalized spacial score (nSPS) is 21.8. The molecule has 9 heteroatoms. The van der Waals surface area contributed by atoms with Crippen LogP contribution in [0.15, 0.2) is 17.2 Å². The van der Waals surface area contributed by atoms with Gasteiger partial charge in [0.15, 0.2) is 0 Å². The second-order valence-corrected chi connectivity index (χ2v) is 10.3. The van der Waals surface area contributed by atoms with Crippen molar-refractivity contribution in [3.8, 4) is 0 Å². The van der Waals surface area contributed by atoms with E-state index in [-0.39, 0.29) is 22.6 Å². The van der Waals surface area contributed by atoms with E-state index in [0.29, 0.717) is 45.0 Å². The van der Waals surface area contributed by atoms with Crippen molar-refractivity contribution in [2.45, 2.75) is 43.4 Å². The van der Waals surface area contributed by atoms with E-state index in [2.05, 4.69) is 0 Å². The Morgan fingerprint density at radius 2 is 1.52 bits per heavy atom. The molecule has 0 N–H and O–H groups in total. The van der Waals surface area contributed by atoms with Gasteiger partial charge >= 0.3 is 0 Å². The molecule has 2 amide bonds. The predicted octanol–water partition coefficient (Wildman–Crippen LogP) is 1.28. The molecule has 0 aromatic carbocycles. The fraction of sp³-hybridized carbons (Fsp3) is 0.700. The number of piperidine rings is 1. The maximum atomic E-state index is 13.0. The minimum Gasteiger partial charge on any atom is -0.345 e. The number of aromatic nitrogens is 1. The summed E-state index contributed by atoms with van der Waals surface area (Å²) in [7, 11) is -1.86. The van der Waals surface area contributed by atoms with Gasteiger partial charge in [0.2, 0.25) is 15.9 Å². The lowest BCUT2D eigenvalue weighted by Gasteiger charge is -2.38. The van der Waals surface area contributed by atoms with Crippen LogP contribution in [0.25, 0.3) is 0 Å². The van der Waals surface area contributed by atoms with E-state index >= 15 is 0 Å². The molecule has 2 aliphatic heterocycles. The zero-order chi connectivity index (χ0) is 20.6. The molecule has 3 aliphatic rings. The summed E-state index contributed by atoms with van der Waals surface area (Å²) < 4.78 is 28.9. The number of aryl methyl sites for hydroxylation is 1. The molecule has 29 heavy (non-hydrogen) atoms. The second-order valence-electron chi connectivity index (χ2n) is 8.38. The van der Waals surface area contributed by atoms with Crippen LogP contribution in [0.1, 0.15) is 49.0 Å². The van der Waals surface area contributed by atoms with E-state index in [1.165, 1.54) is 16.6 Å². The Kier molecular flexibility index (Phi) is 5.70. The van der Waals surface area contributed by atoms with Crippen LogP contribution in [0.2, 0.25) is 0 Å². The number of sulfonamides is 1. The highest BCUT2D eigenvalue weighted by atomic mass is 32.2. The second kappa shape index (κ2) is 8.10. The monoisotopic (exact) mass is 422 g/mol. The van der Waals surface area contributed by atoms with Crippen LogP contribution >= 0.6 is 0 Å². The van der Waals surface area contributed by atoms with Gasteiger partial charge in [-0.1, -0.05) is 12.8 Å². The van der Waals surface area contributed by atoms with E-state index in [4.69, 9.17) is 0 Å². The Bertz CT molecular complexity index is 876. The smallest absolute Gasteiger partial charge is 0.270 e. The van der Waals surface area contributed by atoms with Crippen molar-refractivity contribution < 1.29 is 18.0 Å². The Morgan fingerprint density at radius 1 is 0.897 bits per heavy atom. The molecule has 0 atom stereocenters. The first kappa shape index (κ1) is 20.4. The predicted molar refractivity (Wildman–Crippen MR) is 108 cm³/mol. The standard InChI is InChI=1S/C20H30N4O4S/c1-21-15-17(29(27,28)24-8-3-2-4-9-24)14-18(21)20(26)23-12-10-22(11-13-23)19(25)16-6-5-7-16/h14-16H,2-13H2,1H3. The summed E-state index contributed by atoms with van der Waals surface area (Å²) in [5.41, 5.74) is 0.374. The van der Waals surface area contributed by atoms with Crippen LogP contribution < -0.4 is 0 Å². The maximum Gasteiger partial charge on any atom is 0.270 e. The molecule has 2 saturated heterocycles. The molecule has 1 aliphatic carbocycles. The number of hydrogen-bond donors (Lipinski definition) is 0. The van der Waals surface area contributed by atoms with Gasteiger partial charge in [-0.25, -0.2) is 8.42 Å². The zero-order valence-corrected chi connectivity index (χ0v) is 17.9. The highest BCUT2D eigenvalue weighted by molar-refractivity contribution is 7.89. The van der Waals surface area contributed by atoms with Gasteiger partial charge < -0.3 is 14.4 Å². The van der Waals surface area contributed by atoms with Gasteiger partial charge in [0.1, 0.15) is 10.6 Å². The van der Waals surface area contributed by atoms with Crippen molar-refractivity contribution in [3.63, 3.8) is 0 Å². The quantitative estimate of drug-likeness (QED) is 0.732. The van der Waals surface area contributed by atoms with E-state index < -0.39 is 10.0 Å². The summed E-state index contributed by atoms with van der Waals surface area (Å²) >= 11 is 0. The van der Waals surface area contributed by atoms with Gasteiger partial charge in [-0.3, -0.25) is 9.59 Å². The van der Waals surface area contributed by atoms with Crippen LogP contribution in [0.5, 0.6) is 0 Å². The molecule has 1 aromatic heterocycles. The Morgan fingerprint density at radius 3 is 2.10 bits per heavy atom. The van der Waals surface area contributed by atoms with Gasteiger partial charge in [-0.05, 0) is 31.7 Å². The average Bonchev–Trinajstić information content (AvgIpc) is 3.09. The summed E-state index contributed by atoms with van der Waals surface area (Å²) in [4.78, 5) is 29.2. The Labute approximate surface area is 172 Å². The van der Waals surface area contributed by atoms with E-state index in [9.17, 15) is 18.0 Å². The lowest BCUT2D eigenvalue weighted by Crippen LogP contribution is -2.52. The minimum atomic E-state index is -3.57. The third-order valence-corrected chi connectivity index (χ3v) is 8.35. The number of hydrogen-bond acceptors (Lipinski definition) is 4. The van der Waals surface area contributed by atoms with Crippen LogP contribution in [0.3, 0.4) is 0 Å². The summed E-state index contributed by atoms with van der Waals surface area (Å²) in [5.74, 6) is 0.216. The Hall–Kier alpha value is -1.87. The van der Waals surface area contributed by atoms with Crippen molar-refractivity contribution in [3.05, 3.63) is 18.0 Å². The fourth-order valence-corrected chi connectivity index (χ4v) is 5.94. The van der Waals surface area contributed by atoms with Crippen molar-refractivity contribution in [2.75, 3.05) is 39.3 Å². The minimum absolute atomic E-state index is 0.174. The number of piperazine rings is 1. The average molecular weight is 423 g/mol. The highest BCUT2D eigenvalue weighted by Gasteiger charge is 2.33.